The Balaban J connectivity index is 2.72. The molecule has 0 radical (unpaired) electrons. The highest BCUT2D eigenvalue weighted by atomic mass is 16.4. The van der Waals surface area contributed by atoms with E-state index in [0.717, 1.165) is 32.1 Å². The third-order valence-electron chi connectivity index (χ3n) is 3.41. The Labute approximate surface area is 113 Å². The molecule has 0 saturated heterocycles. The Bertz CT molecular complexity index is 400. The standard InChI is InChI=1S/C14H21NO4/c1-3-5-6-10(4-2)7-11(14(17)18)13(16)12-8-19-9-15-12/h8-11H,3-7H2,1-2H3,(H,17,18). The number of unbranched alkanes of at least 4 members (excludes halogenated alkanes) is 1. The van der Waals surface area contributed by atoms with E-state index in [2.05, 4.69) is 11.9 Å². The first-order chi connectivity index (χ1) is 9.10. The fourth-order valence-corrected chi connectivity index (χ4v) is 2.15. The van der Waals surface area contributed by atoms with E-state index in [4.69, 9.17) is 4.42 Å². The van der Waals surface area contributed by atoms with Gasteiger partial charge in [-0.2, -0.15) is 0 Å². The molecule has 0 aliphatic carbocycles. The summed E-state index contributed by atoms with van der Waals surface area (Å²) in [5.41, 5.74) is 0.0951. The number of Topliss-reactive ketones (excluding diaryl/α,β-unsaturated/α-hetero) is 1. The lowest BCUT2D eigenvalue weighted by Gasteiger charge is -2.18. The molecule has 1 N–H and O–H groups in total. The van der Waals surface area contributed by atoms with Gasteiger partial charge in [0.2, 0.25) is 0 Å². The van der Waals surface area contributed by atoms with Crippen LogP contribution in [0.1, 0.15) is 56.4 Å². The fourth-order valence-electron chi connectivity index (χ4n) is 2.15. The number of carbonyl (C=O) groups excluding carboxylic acids is 1. The maximum Gasteiger partial charge on any atom is 0.314 e. The molecule has 106 valence electrons. The highest BCUT2D eigenvalue weighted by molar-refractivity contribution is 6.06. The number of hydrogen-bond acceptors (Lipinski definition) is 4. The van der Waals surface area contributed by atoms with Crippen LogP contribution < -0.4 is 0 Å². The highest BCUT2D eigenvalue weighted by Crippen LogP contribution is 2.24. The normalized spacial score (nSPS) is 14.0. The number of carboxylic acid groups (broad SMARTS) is 1. The predicted molar refractivity (Wildman–Crippen MR) is 69.9 cm³/mol. The van der Waals surface area contributed by atoms with Gasteiger partial charge in [0.1, 0.15) is 17.9 Å². The topological polar surface area (TPSA) is 80.4 Å². The van der Waals surface area contributed by atoms with Crippen molar-refractivity contribution in [2.45, 2.75) is 46.0 Å². The minimum atomic E-state index is -1.08. The van der Waals surface area contributed by atoms with Gasteiger partial charge in [-0.15, -0.1) is 0 Å². The number of aliphatic carboxylic acids is 1. The largest absolute Gasteiger partial charge is 0.481 e. The van der Waals surface area contributed by atoms with E-state index in [1.807, 2.05) is 6.92 Å². The lowest BCUT2D eigenvalue weighted by Crippen LogP contribution is -2.26. The minimum Gasteiger partial charge on any atom is -0.481 e. The summed E-state index contributed by atoms with van der Waals surface area (Å²) in [7, 11) is 0. The third-order valence-corrected chi connectivity index (χ3v) is 3.41. The molecule has 0 aliphatic rings. The molecule has 1 heterocycles. The average molecular weight is 267 g/mol. The molecule has 0 spiro atoms. The number of hydrogen-bond donors (Lipinski definition) is 1. The molecule has 2 atom stereocenters. The summed E-state index contributed by atoms with van der Waals surface area (Å²) in [6, 6.07) is 0. The zero-order valence-corrected chi connectivity index (χ0v) is 11.5. The SMILES string of the molecule is CCCCC(CC)CC(C(=O)O)C(=O)c1cocn1. The smallest absolute Gasteiger partial charge is 0.314 e. The van der Waals surface area contributed by atoms with E-state index < -0.39 is 17.7 Å². The molecule has 0 aromatic carbocycles. The van der Waals surface area contributed by atoms with Crippen molar-refractivity contribution in [1.29, 1.82) is 0 Å². The number of ketones is 1. The van der Waals surface area contributed by atoms with Crippen LogP contribution in [0.15, 0.2) is 17.1 Å². The van der Waals surface area contributed by atoms with Crippen LogP contribution in [-0.2, 0) is 4.79 Å². The average Bonchev–Trinajstić information content (AvgIpc) is 2.92. The van der Waals surface area contributed by atoms with Gasteiger partial charge < -0.3 is 9.52 Å². The zero-order valence-electron chi connectivity index (χ0n) is 11.5. The second-order valence-corrected chi connectivity index (χ2v) is 4.78. The quantitative estimate of drug-likeness (QED) is 0.549. The summed E-state index contributed by atoms with van der Waals surface area (Å²) in [6.07, 6.45) is 6.69. The fraction of sp³-hybridized carbons (Fsp3) is 0.643. The lowest BCUT2D eigenvalue weighted by atomic mass is 9.86. The first-order valence-corrected chi connectivity index (χ1v) is 6.75. The van der Waals surface area contributed by atoms with E-state index in [1.54, 1.807) is 0 Å². The number of aromatic nitrogens is 1. The Kier molecular flexibility index (Phi) is 6.25. The van der Waals surface area contributed by atoms with Crippen LogP contribution in [0.5, 0.6) is 0 Å². The molecule has 5 heteroatoms. The van der Waals surface area contributed by atoms with E-state index >= 15 is 0 Å². The molecule has 1 aromatic heterocycles. The van der Waals surface area contributed by atoms with Gasteiger partial charge in [-0.1, -0.05) is 39.5 Å². The van der Waals surface area contributed by atoms with E-state index in [0.29, 0.717) is 6.42 Å². The Hall–Kier alpha value is -1.65. The molecule has 0 amide bonds. The summed E-state index contributed by atoms with van der Waals surface area (Å²) >= 11 is 0. The van der Waals surface area contributed by atoms with Crippen LogP contribution in [0, 0.1) is 11.8 Å². The van der Waals surface area contributed by atoms with E-state index in [1.165, 1.54) is 6.26 Å². The van der Waals surface area contributed by atoms with Gasteiger partial charge in [-0.25, -0.2) is 4.98 Å². The zero-order chi connectivity index (χ0) is 14.3. The van der Waals surface area contributed by atoms with Crippen LogP contribution in [-0.4, -0.2) is 21.8 Å². The van der Waals surface area contributed by atoms with Crippen molar-refractivity contribution >= 4 is 11.8 Å². The highest BCUT2D eigenvalue weighted by Gasteiger charge is 2.31. The summed E-state index contributed by atoms with van der Waals surface area (Å²) < 4.78 is 4.74. The molecule has 1 aromatic rings. The first-order valence-electron chi connectivity index (χ1n) is 6.75. The Morgan fingerprint density at radius 3 is 2.63 bits per heavy atom. The van der Waals surface area contributed by atoms with Crippen LogP contribution in [0.25, 0.3) is 0 Å². The van der Waals surface area contributed by atoms with Crippen LogP contribution in [0.3, 0.4) is 0 Å². The Morgan fingerprint density at radius 1 is 1.42 bits per heavy atom. The second-order valence-electron chi connectivity index (χ2n) is 4.78. The number of carbonyl (C=O) groups is 2. The molecule has 0 fully saturated rings. The molecule has 1 rings (SSSR count). The van der Waals surface area contributed by atoms with Crippen molar-refractivity contribution < 1.29 is 19.1 Å². The van der Waals surface area contributed by atoms with Gasteiger partial charge in [-0.3, -0.25) is 9.59 Å². The summed E-state index contributed by atoms with van der Waals surface area (Å²) in [5.74, 6) is -2.30. The van der Waals surface area contributed by atoms with Gasteiger partial charge in [0.05, 0.1) is 0 Å². The molecular formula is C14H21NO4. The van der Waals surface area contributed by atoms with Crippen LogP contribution in [0.4, 0.5) is 0 Å². The van der Waals surface area contributed by atoms with Crippen molar-refractivity contribution in [3.8, 4) is 0 Å². The maximum absolute atomic E-state index is 12.1. The van der Waals surface area contributed by atoms with Crippen molar-refractivity contribution in [1.82, 2.24) is 4.98 Å². The Morgan fingerprint density at radius 2 is 2.16 bits per heavy atom. The minimum absolute atomic E-state index is 0.0951. The molecule has 5 nitrogen and oxygen atoms in total. The number of rotatable bonds is 9. The number of nitrogens with zero attached hydrogens (tertiary/aromatic N) is 1. The molecule has 19 heavy (non-hydrogen) atoms. The predicted octanol–water partition coefficient (Wildman–Crippen LogP) is 3.16. The lowest BCUT2D eigenvalue weighted by molar-refractivity contribution is -0.140. The summed E-state index contributed by atoms with van der Waals surface area (Å²) in [5, 5.41) is 9.23. The second kappa shape index (κ2) is 7.71. The van der Waals surface area contributed by atoms with Crippen LogP contribution >= 0.6 is 0 Å². The van der Waals surface area contributed by atoms with Crippen molar-refractivity contribution in [3.63, 3.8) is 0 Å². The van der Waals surface area contributed by atoms with Gasteiger partial charge in [0.15, 0.2) is 12.2 Å². The number of oxazole rings is 1. The molecule has 0 aliphatic heterocycles. The van der Waals surface area contributed by atoms with Gasteiger partial charge in [0.25, 0.3) is 0 Å². The van der Waals surface area contributed by atoms with Crippen molar-refractivity contribution in [2.24, 2.45) is 11.8 Å². The van der Waals surface area contributed by atoms with Gasteiger partial charge in [0, 0.05) is 0 Å². The van der Waals surface area contributed by atoms with Crippen molar-refractivity contribution in [2.75, 3.05) is 0 Å². The van der Waals surface area contributed by atoms with Gasteiger partial charge in [-0.05, 0) is 12.3 Å². The molecule has 0 bridgehead atoms. The molecular weight excluding hydrogens is 246 g/mol. The van der Waals surface area contributed by atoms with Gasteiger partial charge >= 0.3 is 5.97 Å². The van der Waals surface area contributed by atoms with Crippen molar-refractivity contribution in [3.05, 3.63) is 18.4 Å². The third kappa shape index (κ3) is 4.50. The van der Waals surface area contributed by atoms with E-state index in [9.17, 15) is 14.7 Å². The van der Waals surface area contributed by atoms with E-state index in [-0.39, 0.29) is 11.6 Å². The molecule has 0 saturated carbocycles. The maximum atomic E-state index is 12.1. The summed E-state index contributed by atoms with van der Waals surface area (Å²) in [4.78, 5) is 27.1. The molecule has 2 unspecified atom stereocenters. The van der Waals surface area contributed by atoms with Crippen LogP contribution in [0.2, 0.25) is 0 Å². The monoisotopic (exact) mass is 267 g/mol. The first kappa shape index (κ1) is 15.4. The number of carboxylic acids is 1. The summed E-state index contributed by atoms with van der Waals surface area (Å²) in [6.45, 7) is 4.13.